The first-order chi connectivity index (χ1) is 12.6. The molecule has 5 nitrogen and oxygen atoms in total. The number of nitrogens with zero attached hydrogens (tertiary/aromatic N) is 2. The van der Waals surface area contributed by atoms with Gasteiger partial charge in [0, 0.05) is 18.8 Å². The van der Waals surface area contributed by atoms with Gasteiger partial charge in [-0.1, -0.05) is 25.1 Å². The van der Waals surface area contributed by atoms with Crippen LogP contribution in [0.2, 0.25) is 0 Å². The van der Waals surface area contributed by atoms with Crippen molar-refractivity contribution < 1.29 is 9.50 Å². The highest BCUT2D eigenvalue weighted by atomic mass is 19.1. The van der Waals surface area contributed by atoms with Crippen molar-refractivity contribution in [3.05, 3.63) is 60.5 Å². The lowest BCUT2D eigenvalue weighted by Crippen LogP contribution is -2.28. The van der Waals surface area contributed by atoms with Crippen molar-refractivity contribution in [2.24, 2.45) is 5.73 Å². The Labute approximate surface area is 151 Å². The van der Waals surface area contributed by atoms with Crippen LogP contribution < -0.4 is 11.1 Å². The highest BCUT2D eigenvalue weighted by Gasteiger charge is 2.11. The van der Waals surface area contributed by atoms with Crippen molar-refractivity contribution in [2.75, 3.05) is 11.9 Å². The number of aromatic nitrogens is 2. The van der Waals surface area contributed by atoms with Crippen LogP contribution in [0.4, 0.5) is 10.2 Å². The lowest BCUT2D eigenvalue weighted by Gasteiger charge is -2.12. The van der Waals surface area contributed by atoms with Crippen molar-refractivity contribution in [3.63, 3.8) is 0 Å². The molecule has 134 valence electrons. The normalized spacial score (nSPS) is 12.0. The lowest BCUT2D eigenvalue weighted by molar-refractivity contribution is 0.477. The Bertz CT molecular complexity index is 883. The number of halogens is 1. The van der Waals surface area contributed by atoms with E-state index < -0.39 is 0 Å². The lowest BCUT2D eigenvalue weighted by atomic mass is 10.0. The second-order valence-corrected chi connectivity index (χ2v) is 6.05. The molecule has 1 aromatic heterocycles. The molecule has 0 fully saturated rings. The van der Waals surface area contributed by atoms with Crippen LogP contribution in [0.3, 0.4) is 0 Å². The maximum absolute atomic E-state index is 13.1. The van der Waals surface area contributed by atoms with E-state index in [1.54, 1.807) is 42.6 Å². The number of aromatic hydroxyl groups is 1. The van der Waals surface area contributed by atoms with Crippen LogP contribution in [-0.2, 0) is 0 Å². The van der Waals surface area contributed by atoms with Crippen LogP contribution in [0.25, 0.3) is 22.5 Å². The maximum atomic E-state index is 13.1. The Hall–Kier alpha value is -2.99. The summed E-state index contributed by atoms with van der Waals surface area (Å²) in [6.07, 6.45) is 2.50. The third-order valence-electron chi connectivity index (χ3n) is 4.14. The zero-order chi connectivity index (χ0) is 18.5. The zero-order valence-electron chi connectivity index (χ0n) is 14.5. The van der Waals surface area contributed by atoms with Crippen molar-refractivity contribution >= 4 is 5.82 Å². The van der Waals surface area contributed by atoms with Gasteiger partial charge < -0.3 is 16.2 Å². The molecule has 1 atom stereocenters. The molecular weight excluding hydrogens is 331 g/mol. The Kier molecular flexibility index (Phi) is 5.43. The molecule has 0 amide bonds. The molecule has 3 aromatic rings. The summed E-state index contributed by atoms with van der Waals surface area (Å²) in [5, 5.41) is 13.4. The monoisotopic (exact) mass is 352 g/mol. The molecule has 0 aliphatic rings. The minimum Gasteiger partial charge on any atom is -0.507 e. The smallest absolute Gasteiger partial charge is 0.165 e. The first kappa shape index (κ1) is 17.8. The molecule has 26 heavy (non-hydrogen) atoms. The van der Waals surface area contributed by atoms with E-state index in [0.717, 1.165) is 17.5 Å². The molecule has 0 unspecified atom stereocenters. The van der Waals surface area contributed by atoms with Gasteiger partial charge in [-0.25, -0.2) is 14.4 Å². The predicted molar refractivity (Wildman–Crippen MR) is 101 cm³/mol. The average Bonchev–Trinajstić information content (AvgIpc) is 2.67. The number of hydrogen-bond acceptors (Lipinski definition) is 5. The van der Waals surface area contributed by atoms with E-state index in [4.69, 9.17) is 5.73 Å². The third-order valence-corrected chi connectivity index (χ3v) is 4.14. The van der Waals surface area contributed by atoms with Gasteiger partial charge >= 0.3 is 0 Å². The highest BCUT2D eigenvalue weighted by molar-refractivity contribution is 5.74. The minimum absolute atomic E-state index is 0.0450. The van der Waals surface area contributed by atoms with E-state index in [2.05, 4.69) is 15.3 Å². The number of hydrogen-bond donors (Lipinski definition) is 3. The van der Waals surface area contributed by atoms with Crippen LogP contribution in [0.1, 0.15) is 13.3 Å². The molecule has 0 bridgehead atoms. The van der Waals surface area contributed by atoms with Gasteiger partial charge in [0.1, 0.15) is 17.4 Å². The number of phenols is 1. The summed E-state index contributed by atoms with van der Waals surface area (Å²) in [5.41, 5.74) is 8.11. The number of rotatable bonds is 6. The topological polar surface area (TPSA) is 84.1 Å². The maximum Gasteiger partial charge on any atom is 0.165 e. The number of nitrogens with two attached hydrogens (primary N) is 1. The molecule has 2 aromatic carbocycles. The van der Waals surface area contributed by atoms with Crippen LogP contribution in [0, 0.1) is 5.82 Å². The third kappa shape index (κ3) is 4.15. The van der Waals surface area contributed by atoms with Gasteiger partial charge in [0.25, 0.3) is 0 Å². The number of anilines is 1. The van der Waals surface area contributed by atoms with Crippen molar-refractivity contribution in [3.8, 4) is 28.3 Å². The molecule has 6 heteroatoms. The van der Waals surface area contributed by atoms with E-state index >= 15 is 0 Å². The summed E-state index contributed by atoms with van der Waals surface area (Å²) in [6, 6.07) is 13.1. The summed E-state index contributed by atoms with van der Waals surface area (Å²) >= 11 is 0. The number of benzene rings is 2. The highest BCUT2D eigenvalue weighted by Crippen LogP contribution is 2.32. The Morgan fingerprint density at radius 2 is 1.85 bits per heavy atom. The van der Waals surface area contributed by atoms with Gasteiger partial charge in [0.2, 0.25) is 0 Å². The SMILES string of the molecule is CC[C@H](N)CNc1ccnc(-c2cc(-c3ccc(F)cc3)ccc2O)n1. The molecule has 0 saturated heterocycles. The van der Waals surface area contributed by atoms with Gasteiger partial charge in [0.15, 0.2) is 5.82 Å². The second kappa shape index (κ2) is 7.93. The Balaban J connectivity index is 1.91. The number of phenolic OH excluding ortho intramolecular Hbond substituents is 1. The minimum atomic E-state index is -0.292. The van der Waals surface area contributed by atoms with Gasteiger partial charge in [-0.2, -0.15) is 0 Å². The van der Waals surface area contributed by atoms with E-state index in [0.29, 0.717) is 23.8 Å². The average molecular weight is 352 g/mol. The first-order valence-corrected chi connectivity index (χ1v) is 8.48. The number of nitrogens with one attached hydrogen (secondary N) is 1. The van der Waals surface area contributed by atoms with E-state index in [-0.39, 0.29) is 17.6 Å². The Morgan fingerprint density at radius 1 is 1.12 bits per heavy atom. The molecule has 0 spiro atoms. The zero-order valence-corrected chi connectivity index (χ0v) is 14.5. The summed E-state index contributed by atoms with van der Waals surface area (Å²) in [5.74, 6) is 0.838. The second-order valence-electron chi connectivity index (χ2n) is 6.05. The Morgan fingerprint density at radius 3 is 2.58 bits per heavy atom. The molecule has 1 heterocycles. The fourth-order valence-electron chi connectivity index (χ4n) is 2.50. The fourth-order valence-corrected chi connectivity index (χ4v) is 2.50. The standard InChI is InChI=1S/C20H21FN4O/c1-2-16(22)12-24-19-9-10-23-20(25-19)17-11-14(5-8-18(17)26)13-3-6-15(21)7-4-13/h3-11,16,26H,2,12,22H2,1H3,(H,23,24,25)/t16-/m0/s1. The fraction of sp³-hybridized carbons (Fsp3) is 0.200. The van der Waals surface area contributed by atoms with Gasteiger partial charge in [-0.05, 0) is 47.9 Å². The van der Waals surface area contributed by atoms with Crippen molar-refractivity contribution in [2.45, 2.75) is 19.4 Å². The summed E-state index contributed by atoms with van der Waals surface area (Å²) in [7, 11) is 0. The van der Waals surface area contributed by atoms with Crippen LogP contribution in [0.5, 0.6) is 5.75 Å². The van der Waals surface area contributed by atoms with Crippen molar-refractivity contribution in [1.82, 2.24) is 9.97 Å². The molecular formula is C20H21FN4O. The quantitative estimate of drug-likeness (QED) is 0.628. The first-order valence-electron chi connectivity index (χ1n) is 8.48. The molecule has 4 N–H and O–H groups in total. The molecule has 0 aliphatic heterocycles. The van der Waals surface area contributed by atoms with E-state index in [9.17, 15) is 9.50 Å². The largest absolute Gasteiger partial charge is 0.507 e. The summed E-state index contributed by atoms with van der Waals surface area (Å²) < 4.78 is 13.1. The van der Waals surface area contributed by atoms with Crippen LogP contribution in [-0.4, -0.2) is 27.7 Å². The van der Waals surface area contributed by atoms with Gasteiger partial charge in [0.05, 0.1) is 5.56 Å². The van der Waals surface area contributed by atoms with Crippen LogP contribution in [0.15, 0.2) is 54.7 Å². The molecule has 0 aliphatic carbocycles. The summed E-state index contributed by atoms with van der Waals surface area (Å²) in [6.45, 7) is 2.63. The van der Waals surface area contributed by atoms with Gasteiger partial charge in [-0.15, -0.1) is 0 Å². The molecule has 3 rings (SSSR count). The molecule has 0 radical (unpaired) electrons. The van der Waals surface area contributed by atoms with Crippen molar-refractivity contribution in [1.29, 1.82) is 0 Å². The van der Waals surface area contributed by atoms with Gasteiger partial charge in [-0.3, -0.25) is 0 Å². The molecule has 0 saturated carbocycles. The predicted octanol–water partition coefficient (Wildman–Crippen LogP) is 3.80. The van der Waals surface area contributed by atoms with Crippen LogP contribution >= 0.6 is 0 Å². The summed E-state index contributed by atoms with van der Waals surface area (Å²) in [4.78, 5) is 8.73. The van der Waals surface area contributed by atoms with E-state index in [1.165, 1.54) is 12.1 Å². The van der Waals surface area contributed by atoms with E-state index in [1.807, 2.05) is 6.92 Å².